The molecule has 2 atom stereocenters. The molecule has 7 heteroatoms. The maximum atomic E-state index is 12.4. The van der Waals surface area contributed by atoms with Crippen LogP contribution in [-0.2, 0) is 9.53 Å². The van der Waals surface area contributed by atoms with Crippen LogP contribution >= 0.6 is 11.3 Å². The minimum Gasteiger partial charge on any atom is -0.479 e. The lowest BCUT2D eigenvalue weighted by Gasteiger charge is -2.35. The van der Waals surface area contributed by atoms with E-state index < -0.39 is 12.1 Å². The Balaban J connectivity index is 2.01. The van der Waals surface area contributed by atoms with Crippen molar-refractivity contribution in [2.75, 3.05) is 26.7 Å². The van der Waals surface area contributed by atoms with Gasteiger partial charge in [0.1, 0.15) is 0 Å². The van der Waals surface area contributed by atoms with E-state index in [2.05, 4.69) is 0 Å². The second-order valence-electron chi connectivity index (χ2n) is 4.73. The van der Waals surface area contributed by atoms with Crippen molar-refractivity contribution in [1.29, 1.82) is 0 Å². The minimum atomic E-state index is -1.03. The molecule has 1 aliphatic heterocycles. The van der Waals surface area contributed by atoms with Crippen molar-refractivity contribution in [3.63, 3.8) is 0 Å². The molecule has 1 saturated heterocycles. The summed E-state index contributed by atoms with van der Waals surface area (Å²) in [6.07, 6.45) is -0.932. The summed E-state index contributed by atoms with van der Waals surface area (Å²) >= 11 is 1.60. The van der Waals surface area contributed by atoms with Crippen molar-refractivity contribution in [2.45, 2.75) is 19.1 Å². The Kier molecular flexibility index (Phi) is 4.61. The summed E-state index contributed by atoms with van der Waals surface area (Å²) in [6, 6.07) is 3.73. The molecule has 2 amide bonds. The van der Waals surface area contributed by atoms with Crippen LogP contribution in [-0.4, -0.2) is 59.8 Å². The summed E-state index contributed by atoms with van der Waals surface area (Å²) < 4.78 is 5.12. The van der Waals surface area contributed by atoms with Crippen LogP contribution in [0.4, 0.5) is 4.79 Å². The number of ether oxygens (including phenoxy) is 1. The average molecular weight is 298 g/mol. The molecule has 0 spiro atoms. The summed E-state index contributed by atoms with van der Waals surface area (Å²) in [5.41, 5.74) is 0. The summed E-state index contributed by atoms with van der Waals surface area (Å²) in [6.45, 7) is 2.72. The van der Waals surface area contributed by atoms with Crippen LogP contribution in [0.2, 0.25) is 0 Å². The van der Waals surface area contributed by atoms with E-state index in [1.54, 1.807) is 23.3 Å². The largest absolute Gasteiger partial charge is 0.479 e. The lowest BCUT2D eigenvalue weighted by molar-refractivity contribution is -0.154. The van der Waals surface area contributed by atoms with E-state index in [1.165, 1.54) is 4.90 Å². The Labute approximate surface area is 121 Å². The fourth-order valence-corrected chi connectivity index (χ4v) is 2.91. The molecular weight excluding hydrogens is 280 g/mol. The first-order chi connectivity index (χ1) is 9.50. The Morgan fingerprint density at radius 3 is 2.95 bits per heavy atom. The highest BCUT2D eigenvalue weighted by molar-refractivity contribution is 7.10. The summed E-state index contributed by atoms with van der Waals surface area (Å²) in [7, 11) is 1.73. The molecule has 1 aromatic rings. The van der Waals surface area contributed by atoms with Gasteiger partial charge in [0.2, 0.25) is 0 Å². The molecule has 0 aromatic carbocycles. The van der Waals surface area contributed by atoms with Gasteiger partial charge in [-0.25, -0.2) is 9.59 Å². The maximum absolute atomic E-state index is 12.4. The first-order valence-electron chi connectivity index (χ1n) is 6.40. The van der Waals surface area contributed by atoms with Crippen LogP contribution in [0.25, 0.3) is 0 Å². The smallest absolute Gasteiger partial charge is 0.334 e. The quantitative estimate of drug-likeness (QED) is 0.921. The predicted octanol–water partition coefficient (Wildman–Crippen LogP) is 1.65. The third-order valence-corrected chi connectivity index (χ3v) is 4.49. The van der Waals surface area contributed by atoms with E-state index in [4.69, 9.17) is 9.84 Å². The fourth-order valence-electron chi connectivity index (χ4n) is 2.08. The van der Waals surface area contributed by atoms with Gasteiger partial charge in [0.05, 0.1) is 19.2 Å². The predicted molar refractivity (Wildman–Crippen MR) is 74.8 cm³/mol. The standard InChI is InChI=1S/C13H18N2O4S/c1-9(11-4-3-7-20-11)14(2)13(18)15-5-6-19-10(8-15)12(16)17/h3-4,7,9-10H,5-6,8H2,1-2H3,(H,16,17). The molecule has 0 aliphatic carbocycles. The molecule has 2 unspecified atom stereocenters. The number of hydrogen-bond donors (Lipinski definition) is 1. The third kappa shape index (κ3) is 3.10. The zero-order valence-corrected chi connectivity index (χ0v) is 12.3. The molecule has 1 aromatic heterocycles. The number of carboxylic acids is 1. The number of thiophene rings is 1. The Morgan fingerprint density at radius 2 is 2.35 bits per heavy atom. The number of rotatable bonds is 3. The van der Waals surface area contributed by atoms with E-state index in [-0.39, 0.29) is 25.2 Å². The Hall–Kier alpha value is -1.60. The van der Waals surface area contributed by atoms with Gasteiger partial charge in [-0.2, -0.15) is 0 Å². The number of nitrogens with zero attached hydrogens (tertiary/aromatic N) is 2. The van der Waals surface area contributed by atoms with Gasteiger partial charge in [-0.15, -0.1) is 11.3 Å². The second-order valence-corrected chi connectivity index (χ2v) is 5.71. The Morgan fingerprint density at radius 1 is 1.60 bits per heavy atom. The van der Waals surface area contributed by atoms with E-state index in [9.17, 15) is 9.59 Å². The lowest BCUT2D eigenvalue weighted by atomic mass is 10.2. The number of amides is 2. The van der Waals surface area contributed by atoms with E-state index in [0.29, 0.717) is 6.54 Å². The second kappa shape index (κ2) is 6.23. The molecule has 2 heterocycles. The first-order valence-corrected chi connectivity index (χ1v) is 7.28. The average Bonchev–Trinajstić information content (AvgIpc) is 2.99. The van der Waals surface area contributed by atoms with Crippen molar-refractivity contribution >= 4 is 23.3 Å². The molecule has 0 radical (unpaired) electrons. The van der Waals surface area contributed by atoms with Gasteiger partial charge >= 0.3 is 12.0 Å². The van der Waals surface area contributed by atoms with Gasteiger partial charge < -0.3 is 19.6 Å². The van der Waals surface area contributed by atoms with Gasteiger partial charge in [0, 0.05) is 18.5 Å². The maximum Gasteiger partial charge on any atom is 0.334 e. The number of hydrogen-bond acceptors (Lipinski definition) is 4. The summed E-state index contributed by atoms with van der Waals surface area (Å²) in [4.78, 5) is 27.6. The highest BCUT2D eigenvalue weighted by Gasteiger charge is 2.31. The SMILES string of the molecule is CC(c1cccs1)N(C)C(=O)N1CCOC(C(=O)O)C1. The minimum absolute atomic E-state index is 0.0337. The zero-order chi connectivity index (χ0) is 14.7. The molecular formula is C13H18N2O4S. The number of aliphatic carboxylic acids is 1. The van der Waals surface area contributed by atoms with Gasteiger partial charge in [-0.3, -0.25) is 0 Å². The monoisotopic (exact) mass is 298 g/mol. The van der Waals surface area contributed by atoms with Gasteiger partial charge in [-0.05, 0) is 18.4 Å². The first kappa shape index (κ1) is 14.8. The van der Waals surface area contributed by atoms with Crippen molar-refractivity contribution in [3.05, 3.63) is 22.4 Å². The number of carboxylic acid groups (broad SMARTS) is 1. The van der Waals surface area contributed by atoms with Crippen LogP contribution in [0.15, 0.2) is 17.5 Å². The zero-order valence-electron chi connectivity index (χ0n) is 11.5. The topological polar surface area (TPSA) is 70.1 Å². The molecule has 1 fully saturated rings. The van der Waals surface area contributed by atoms with Gasteiger partial charge in [0.15, 0.2) is 6.10 Å². The van der Waals surface area contributed by atoms with Crippen LogP contribution in [0.3, 0.4) is 0 Å². The van der Waals surface area contributed by atoms with Crippen LogP contribution in [0.1, 0.15) is 17.8 Å². The fraction of sp³-hybridized carbons (Fsp3) is 0.538. The van der Waals surface area contributed by atoms with E-state index in [0.717, 1.165) is 4.88 Å². The molecule has 0 bridgehead atoms. The Bertz CT molecular complexity index is 477. The summed E-state index contributed by atoms with van der Waals surface area (Å²) in [5.74, 6) is -1.03. The number of urea groups is 1. The highest BCUT2D eigenvalue weighted by Crippen LogP contribution is 2.24. The normalized spacial score (nSPS) is 20.5. The van der Waals surface area contributed by atoms with Crippen LogP contribution in [0, 0.1) is 0 Å². The number of morpholine rings is 1. The lowest BCUT2D eigenvalue weighted by Crippen LogP contribution is -2.52. The molecule has 0 saturated carbocycles. The van der Waals surface area contributed by atoms with Crippen LogP contribution in [0.5, 0.6) is 0 Å². The summed E-state index contributed by atoms with van der Waals surface area (Å²) in [5, 5.41) is 10.9. The van der Waals surface area contributed by atoms with Crippen molar-refractivity contribution < 1.29 is 19.4 Å². The van der Waals surface area contributed by atoms with E-state index in [1.807, 2.05) is 24.4 Å². The third-order valence-electron chi connectivity index (χ3n) is 3.45. The van der Waals surface area contributed by atoms with Crippen molar-refractivity contribution in [3.8, 4) is 0 Å². The highest BCUT2D eigenvalue weighted by atomic mass is 32.1. The van der Waals surface area contributed by atoms with Crippen molar-refractivity contribution in [1.82, 2.24) is 9.80 Å². The van der Waals surface area contributed by atoms with Crippen LogP contribution < -0.4 is 0 Å². The molecule has 6 nitrogen and oxygen atoms in total. The van der Waals surface area contributed by atoms with Gasteiger partial charge in [0.25, 0.3) is 0 Å². The molecule has 1 N–H and O–H groups in total. The molecule has 2 rings (SSSR count). The molecule has 20 heavy (non-hydrogen) atoms. The van der Waals surface area contributed by atoms with Gasteiger partial charge in [-0.1, -0.05) is 6.07 Å². The number of carbonyl (C=O) groups is 2. The number of carbonyl (C=O) groups excluding carboxylic acids is 1. The molecule has 110 valence electrons. The van der Waals surface area contributed by atoms with E-state index >= 15 is 0 Å². The van der Waals surface area contributed by atoms with Crippen molar-refractivity contribution in [2.24, 2.45) is 0 Å². The molecule has 1 aliphatic rings.